The number of esters is 1. The highest BCUT2D eigenvalue weighted by Gasteiger charge is 2.40. The topological polar surface area (TPSA) is 124 Å². The number of methoxy groups -OCH3 is 1. The predicted octanol–water partition coefficient (Wildman–Crippen LogP) is 3.35. The number of aromatic amines is 1. The number of rotatable bonds is 9. The van der Waals surface area contributed by atoms with Gasteiger partial charge in [-0.25, -0.2) is 19.3 Å². The molecular formula is C29H32F3N6O4+. The number of aromatic nitrogens is 3. The highest BCUT2D eigenvalue weighted by atomic mass is 19.4. The summed E-state index contributed by atoms with van der Waals surface area (Å²) in [4.78, 5) is 28.1. The molecule has 222 valence electrons. The number of hydrogen-bond donors (Lipinski definition) is 2. The van der Waals surface area contributed by atoms with E-state index in [1.165, 1.54) is 34.8 Å². The third-order valence-corrected chi connectivity index (χ3v) is 7.38. The Morgan fingerprint density at radius 2 is 1.95 bits per heavy atom. The van der Waals surface area contributed by atoms with E-state index in [4.69, 9.17) is 4.74 Å². The van der Waals surface area contributed by atoms with Crippen LogP contribution in [0, 0.1) is 11.3 Å². The molecular weight excluding hydrogens is 553 g/mol. The van der Waals surface area contributed by atoms with Gasteiger partial charge in [0.1, 0.15) is 12.6 Å². The number of ether oxygens (including phenoxy) is 1. The first-order chi connectivity index (χ1) is 19.8. The Balaban J connectivity index is 1.93. The van der Waals surface area contributed by atoms with Crippen molar-refractivity contribution in [3.63, 3.8) is 0 Å². The number of aliphatic hydroxyl groups excluding tert-OH is 1. The molecule has 13 heteroatoms. The fraction of sp³-hybridized carbons (Fsp3) is 0.379. The normalized spacial score (nSPS) is 15.4. The highest BCUT2D eigenvalue weighted by molar-refractivity contribution is 5.93. The van der Waals surface area contributed by atoms with Gasteiger partial charge < -0.3 is 14.3 Å². The summed E-state index contributed by atoms with van der Waals surface area (Å²) < 4.78 is 46.4. The number of carbonyl (C=O) groups excluding carboxylic acids is 1. The number of alkyl halides is 3. The zero-order valence-electron chi connectivity index (χ0n) is 23.7. The molecule has 1 atom stereocenters. The van der Waals surface area contributed by atoms with Crippen molar-refractivity contribution in [3.05, 3.63) is 86.5 Å². The summed E-state index contributed by atoms with van der Waals surface area (Å²) in [7, 11) is 5.12. The first-order valence-corrected chi connectivity index (χ1v) is 13.2. The molecule has 0 fully saturated rings. The number of fused-ring (bicyclic) bond motifs is 1. The van der Waals surface area contributed by atoms with Crippen LogP contribution in [0.4, 0.5) is 24.8 Å². The number of aliphatic hydroxyl groups is 1. The van der Waals surface area contributed by atoms with Gasteiger partial charge in [-0.05, 0) is 47.9 Å². The van der Waals surface area contributed by atoms with E-state index in [0.29, 0.717) is 46.4 Å². The maximum absolute atomic E-state index is 13.4. The molecule has 1 aliphatic rings. The standard InChI is InChI=1S/C29H31F3N6O4/c1-18-24(26(40)42-4)25(23-9-8-20(17-33)14-21(23)10-11-38(2,3)12-13-39)37-27(34-35-28(37)41)36(18)22-7-5-6-19(15-22)16-29(30,31)32/h5-9,14-15,25,39H,10-13,16H2,1-4H3/p+1/t25-/m1/s1. The third-order valence-electron chi connectivity index (χ3n) is 7.38. The number of halogens is 3. The molecule has 0 bridgehead atoms. The third kappa shape index (κ3) is 6.24. The second kappa shape index (κ2) is 11.8. The van der Waals surface area contributed by atoms with Gasteiger partial charge in [0.2, 0.25) is 5.95 Å². The SMILES string of the molecule is COC(=O)C1=C(C)N(c2cccc(CC(F)(F)F)c2)c2n[nH]c(=O)n2[C@@H]1c1ccc(C#N)cc1CC[N+](C)(C)CCO. The molecule has 1 aliphatic heterocycles. The summed E-state index contributed by atoms with van der Waals surface area (Å²) in [5, 5.41) is 25.7. The molecule has 0 spiro atoms. The number of nitriles is 1. The Kier molecular flexibility index (Phi) is 8.60. The zero-order chi connectivity index (χ0) is 30.8. The lowest BCUT2D eigenvalue weighted by atomic mass is 9.89. The maximum atomic E-state index is 13.4. The van der Waals surface area contributed by atoms with Crippen LogP contribution in [0.3, 0.4) is 0 Å². The van der Waals surface area contributed by atoms with Gasteiger partial charge >= 0.3 is 17.8 Å². The first kappa shape index (κ1) is 30.5. The zero-order valence-corrected chi connectivity index (χ0v) is 23.7. The van der Waals surface area contributed by atoms with Crippen molar-refractivity contribution in [2.45, 2.75) is 32.0 Å². The number of H-pyrrole nitrogens is 1. The Bertz CT molecular complexity index is 1620. The van der Waals surface area contributed by atoms with E-state index in [1.54, 1.807) is 31.2 Å². The van der Waals surface area contributed by atoms with Gasteiger partial charge in [-0.3, -0.25) is 4.90 Å². The van der Waals surface area contributed by atoms with Crippen LogP contribution in [0.15, 0.2) is 58.5 Å². The van der Waals surface area contributed by atoms with Gasteiger partial charge in [0.15, 0.2) is 0 Å². The van der Waals surface area contributed by atoms with Crippen molar-refractivity contribution in [1.29, 1.82) is 5.26 Å². The van der Waals surface area contributed by atoms with Crippen LogP contribution in [-0.2, 0) is 22.4 Å². The summed E-state index contributed by atoms with van der Waals surface area (Å²) in [6.07, 6.45) is -5.14. The second-order valence-electron chi connectivity index (χ2n) is 10.8. The number of quaternary nitrogens is 1. The monoisotopic (exact) mass is 585 g/mol. The number of allylic oxidation sites excluding steroid dienone is 1. The molecule has 2 aromatic carbocycles. The molecule has 0 unspecified atom stereocenters. The molecule has 2 N–H and O–H groups in total. The molecule has 0 aliphatic carbocycles. The summed E-state index contributed by atoms with van der Waals surface area (Å²) in [6.45, 7) is 2.68. The molecule has 2 heterocycles. The summed E-state index contributed by atoms with van der Waals surface area (Å²) in [6, 6.07) is 11.8. The molecule has 0 amide bonds. The van der Waals surface area contributed by atoms with Gasteiger partial charge in [-0.15, -0.1) is 5.10 Å². The summed E-state index contributed by atoms with van der Waals surface area (Å²) in [5.41, 5.74) is 1.69. The minimum Gasteiger partial charge on any atom is -0.466 e. The quantitative estimate of drug-likeness (QED) is 0.292. The molecule has 1 aromatic heterocycles. The van der Waals surface area contributed by atoms with E-state index in [0.717, 1.165) is 0 Å². The fourth-order valence-electron chi connectivity index (χ4n) is 5.26. The molecule has 0 saturated carbocycles. The largest absolute Gasteiger partial charge is 0.466 e. The van der Waals surface area contributed by atoms with Crippen molar-refractivity contribution in [2.24, 2.45) is 0 Å². The fourth-order valence-corrected chi connectivity index (χ4v) is 5.26. The Labute approximate surface area is 240 Å². The van der Waals surface area contributed by atoms with Crippen molar-refractivity contribution in [2.75, 3.05) is 45.8 Å². The molecule has 42 heavy (non-hydrogen) atoms. The predicted molar refractivity (Wildman–Crippen MR) is 148 cm³/mol. The van der Waals surface area contributed by atoms with E-state index in [2.05, 4.69) is 16.3 Å². The van der Waals surface area contributed by atoms with Crippen LogP contribution < -0.4 is 10.6 Å². The van der Waals surface area contributed by atoms with Crippen LogP contribution >= 0.6 is 0 Å². The molecule has 0 saturated heterocycles. The molecule has 3 aromatic rings. The van der Waals surface area contributed by atoms with Crippen molar-refractivity contribution in [3.8, 4) is 6.07 Å². The number of likely N-dealkylation sites (N-methyl/N-ethyl adjacent to an activating group) is 1. The highest BCUT2D eigenvalue weighted by Crippen LogP contribution is 2.43. The lowest BCUT2D eigenvalue weighted by molar-refractivity contribution is -0.890. The van der Waals surface area contributed by atoms with Crippen LogP contribution in [-0.4, -0.2) is 77.4 Å². The number of carbonyl (C=O) groups is 1. The number of nitrogens with zero attached hydrogens (tertiary/aromatic N) is 5. The van der Waals surface area contributed by atoms with E-state index >= 15 is 0 Å². The second-order valence-corrected chi connectivity index (χ2v) is 10.8. The van der Waals surface area contributed by atoms with E-state index in [-0.39, 0.29) is 29.4 Å². The van der Waals surface area contributed by atoms with Crippen LogP contribution in [0.25, 0.3) is 0 Å². The summed E-state index contributed by atoms with van der Waals surface area (Å²) >= 11 is 0. The number of benzene rings is 2. The minimum absolute atomic E-state index is 0.00280. The maximum Gasteiger partial charge on any atom is 0.393 e. The van der Waals surface area contributed by atoms with Crippen LogP contribution in [0.5, 0.6) is 0 Å². The number of anilines is 2. The molecule has 4 rings (SSSR count). The Morgan fingerprint density at radius 1 is 1.21 bits per heavy atom. The van der Waals surface area contributed by atoms with Gasteiger partial charge in [0.25, 0.3) is 0 Å². The van der Waals surface area contributed by atoms with E-state index in [9.17, 15) is 33.1 Å². The molecule has 10 nitrogen and oxygen atoms in total. The average Bonchev–Trinajstić information content (AvgIpc) is 3.30. The lowest BCUT2D eigenvalue weighted by Gasteiger charge is -2.36. The Hall–Kier alpha value is -4.41. The van der Waals surface area contributed by atoms with Crippen LogP contribution in [0.1, 0.15) is 35.2 Å². The van der Waals surface area contributed by atoms with Gasteiger partial charge in [-0.1, -0.05) is 18.2 Å². The lowest BCUT2D eigenvalue weighted by Crippen LogP contribution is -2.43. The van der Waals surface area contributed by atoms with E-state index < -0.39 is 30.3 Å². The summed E-state index contributed by atoms with van der Waals surface area (Å²) in [5.74, 6) is -0.662. The first-order valence-electron chi connectivity index (χ1n) is 13.2. The van der Waals surface area contributed by atoms with Crippen molar-refractivity contribution >= 4 is 17.6 Å². The average molecular weight is 586 g/mol. The van der Waals surface area contributed by atoms with Crippen LogP contribution in [0.2, 0.25) is 0 Å². The van der Waals surface area contributed by atoms with E-state index in [1.807, 2.05) is 14.1 Å². The van der Waals surface area contributed by atoms with Crippen molar-refractivity contribution in [1.82, 2.24) is 14.8 Å². The molecule has 0 radical (unpaired) electrons. The van der Waals surface area contributed by atoms with Gasteiger partial charge in [0, 0.05) is 17.8 Å². The number of nitrogens with one attached hydrogen (secondary N) is 1. The van der Waals surface area contributed by atoms with Gasteiger partial charge in [0.05, 0.1) is 58.0 Å². The number of hydrogen-bond acceptors (Lipinski definition) is 7. The van der Waals surface area contributed by atoms with Gasteiger partial charge in [-0.2, -0.15) is 18.4 Å². The Morgan fingerprint density at radius 3 is 2.60 bits per heavy atom. The smallest absolute Gasteiger partial charge is 0.393 e. The van der Waals surface area contributed by atoms with Crippen molar-refractivity contribution < 1.29 is 32.3 Å². The minimum atomic E-state index is -4.43.